The molecule has 1 fully saturated rings. The van der Waals surface area contributed by atoms with Crippen molar-refractivity contribution in [2.24, 2.45) is 0 Å². The first-order chi connectivity index (χ1) is 19.2. The van der Waals surface area contributed by atoms with Crippen molar-refractivity contribution in [2.75, 3.05) is 6.54 Å². The number of aliphatic carboxylic acids is 1. The van der Waals surface area contributed by atoms with Crippen LogP contribution in [0.5, 0.6) is 0 Å². The highest BCUT2D eigenvalue weighted by atomic mass is 35.5. The van der Waals surface area contributed by atoms with Gasteiger partial charge in [-0.2, -0.15) is 18.3 Å². The van der Waals surface area contributed by atoms with Gasteiger partial charge in [0.05, 0.1) is 40.0 Å². The maximum absolute atomic E-state index is 14.9. The van der Waals surface area contributed by atoms with Crippen LogP contribution < -0.4 is 0 Å². The third-order valence-electron chi connectivity index (χ3n) is 6.73. The van der Waals surface area contributed by atoms with Crippen LogP contribution in [0.25, 0.3) is 0 Å². The minimum Gasteiger partial charge on any atom is -0.479 e. The summed E-state index contributed by atoms with van der Waals surface area (Å²) < 4.78 is 72.0. The van der Waals surface area contributed by atoms with E-state index in [4.69, 9.17) is 23.2 Å². The van der Waals surface area contributed by atoms with E-state index >= 15 is 0 Å². The van der Waals surface area contributed by atoms with Crippen LogP contribution in [0.2, 0.25) is 10.0 Å². The standard InChI is InChI=1S/C26H21Cl2F5N4O4/c27-18-10-34-11-19(28)21(18)20(38)13-36(12-14-3-5-15(29)6-4-14)23(39)17-9-35-37(22(17)26(31,32)33)16-2-1-7-25(30,8-16)24(40)41/h3-6,9-11,16H,1-2,7-8,12-13H2,(H,40,41)/t16-,25-/m0/s1. The van der Waals surface area contributed by atoms with E-state index in [-0.39, 0.29) is 40.4 Å². The van der Waals surface area contributed by atoms with Crippen LogP contribution in [-0.2, 0) is 17.5 Å². The van der Waals surface area contributed by atoms with Crippen molar-refractivity contribution in [3.63, 3.8) is 0 Å². The zero-order valence-electron chi connectivity index (χ0n) is 21.0. The lowest BCUT2D eigenvalue weighted by Gasteiger charge is -2.32. The van der Waals surface area contributed by atoms with Gasteiger partial charge in [-0.3, -0.25) is 19.3 Å². The van der Waals surface area contributed by atoms with E-state index in [9.17, 15) is 41.4 Å². The van der Waals surface area contributed by atoms with Gasteiger partial charge in [0, 0.05) is 25.4 Å². The highest BCUT2D eigenvalue weighted by molar-refractivity contribution is 6.39. The van der Waals surface area contributed by atoms with Gasteiger partial charge in [-0.1, -0.05) is 35.3 Å². The molecule has 8 nitrogen and oxygen atoms in total. The van der Waals surface area contributed by atoms with Gasteiger partial charge < -0.3 is 10.0 Å². The summed E-state index contributed by atoms with van der Waals surface area (Å²) >= 11 is 12.1. The van der Waals surface area contributed by atoms with E-state index in [0.717, 1.165) is 29.4 Å². The molecule has 0 spiro atoms. The average Bonchev–Trinajstić information content (AvgIpc) is 3.35. The largest absolute Gasteiger partial charge is 0.479 e. The molecule has 0 unspecified atom stereocenters. The topological polar surface area (TPSA) is 105 Å². The van der Waals surface area contributed by atoms with Crippen molar-refractivity contribution in [3.8, 4) is 0 Å². The van der Waals surface area contributed by atoms with Gasteiger partial charge in [-0.05, 0) is 37.0 Å². The molecule has 218 valence electrons. The van der Waals surface area contributed by atoms with Crippen LogP contribution in [0.15, 0.2) is 42.9 Å². The quantitative estimate of drug-likeness (QED) is 0.239. The van der Waals surface area contributed by atoms with Crippen molar-refractivity contribution >= 4 is 40.9 Å². The fourth-order valence-electron chi connectivity index (χ4n) is 4.79. The van der Waals surface area contributed by atoms with Crippen LogP contribution in [0.3, 0.4) is 0 Å². The number of halogens is 7. The Bertz CT molecular complexity index is 1460. The second-order valence-electron chi connectivity index (χ2n) is 9.56. The molecule has 1 aliphatic carbocycles. The number of hydrogen-bond donors (Lipinski definition) is 1. The summed E-state index contributed by atoms with van der Waals surface area (Å²) in [4.78, 5) is 42.8. The Morgan fingerprint density at radius 3 is 2.32 bits per heavy atom. The van der Waals surface area contributed by atoms with Crippen LogP contribution in [-0.4, -0.2) is 54.6 Å². The lowest BCUT2D eigenvalue weighted by molar-refractivity contribution is -0.155. The molecule has 3 aromatic rings. The Kier molecular flexibility index (Phi) is 8.69. The van der Waals surface area contributed by atoms with Gasteiger partial charge in [-0.25, -0.2) is 13.6 Å². The summed E-state index contributed by atoms with van der Waals surface area (Å²) in [5.74, 6) is -4.47. The second-order valence-corrected chi connectivity index (χ2v) is 10.4. The van der Waals surface area contributed by atoms with Gasteiger partial charge in [-0.15, -0.1) is 0 Å². The number of nitrogens with zero attached hydrogens (tertiary/aromatic N) is 4. The summed E-state index contributed by atoms with van der Waals surface area (Å²) in [7, 11) is 0. The van der Waals surface area contributed by atoms with Crippen molar-refractivity contribution < 1.29 is 41.4 Å². The fourth-order valence-corrected chi connectivity index (χ4v) is 5.36. The first kappa shape index (κ1) is 30.4. The molecular weight excluding hydrogens is 598 g/mol. The average molecular weight is 619 g/mol. The third kappa shape index (κ3) is 6.51. The second kappa shape index (κ2) is 11.7. The predicted molar refractivity (Wildman–Crippen MR) is 136 cm³/mol. The molecule has 0 saturated heterocycles. The molecular formula is C26H21Cl2F5N4O4. The van der Waals surface area contributed by atoms with Crippen molar-refractivity contribution in [3.05, 3.63) is 81.1 Å². The molecule has 41 heavy (non-hydrogen) atoms. The number of benzene rings is 1. The molecule has 0 radical (unpaired) electrons. The van der Waals surface area contributed by atoms with Gasteiger partial charge >= 0.3 is 12.1 Å². The molecule has 4 rings (SSSR count). The number of carbonyl (C=O) groups is 3. The van der Waals surface area contributed by atoms with Gasteiger partial charge in [0.15, 0.2) is 11.5 Å². The van der Waals surface area contributed by atoms with E-state index in [1.165, 1.54) is 12.1 Å². The third-order valence-corrected chi connectivity index (χ3v) is 7.31. The molecule has 15 heteroatoms. The lowest BCUT2D eigenvalue weighted by atomic mass is 9.83. The zero-order chi connectivity index (χ0) is 30.1. The molecule has 1 aromatic carbocycles. The van der Waals surface area contributed by atoms with E-state index in [0.29, 0.717) is 10.9 Å². The normalized spacial score (nSPS) is 19.1. The Balaban J connectivity index is 1.74. The number of carboxylic acids is 1. The van der Waals surface area contributed by atoms with Crippen molar-refractivity contribution in [1.29, 1.82) is 0 Å². The molecule has 0 aliphatic heterocycles. The number of rotatable bonds is 8. The summed E-state index contributed by atoms with van der Waals surface area (Å²) in [6, 6.07) is 3.42. The molecule has 2 aromatic heterocycles. The number of carbonyl (C=O) groups excluding carboxylic acids is 2. The maximum atomic E-state index is 14.9. The van der Waals surface area contributed by atoms with Crippen LogP contribution >= 0.6 is 23.2 Å². The number of alkyl halides is 4. The molecule has 1 saturated carbocycles. The van der Waals surface area contributed by atoms with Gasteiger partial charge in [0.2, 0.25) is 5.67 Å². The molecule has 1 amide bonds. The number of aromatic nitrogens is 3. The number of amides is 1. The zero-order valence-corrected chi connectivity index (χ0v) is 22.5. The molecule has 2 atom stereocenters. The number of hydrogen-bond acceptors (Lipinski definition) is 5. The fraction of sp³-hybridized carbons (Fsp3) is 0.346. The Hall–Kier alpha value is -3.58. The Morgan fingerprint density at radius 2 is 1.73 bits per heavy atom. The number of carboxylic acid groups (broad SMARTS) is 1. The first-order valence-corrected chi connectivity index (χ1v) is 12.9. The van der Waals surface area contributed by atoms with E-state index < -0.39 is 72.1 Å². The minimum atomic E-state index is -5.16. The Labute approximate surface area is 239 Å². The number of Topliss-reactive ketones (excluding diaryl/α,β-unsaturated/α-hetero) is 1. The predicted octanol–water partition coefficient (Wildman–Crippen LogP) is 6.18. The van der Waals surface area contributed by atoms with Crippen molar-refractivity contribution in [2.45, 2.75) is 50.1 Å². The molecule has 0 bridgehead atoms. The SMILES string of the molecule is O=C(CN(Cc1ccc(F)cc1)C(=O)c1cnn([C@H]2CCC[C@@](F)(C(=O)O)C2)c1C(F)(F)F)c1c(Cl)cncc1Cl. The van der Waals surface area contributed by atoms with Crippen LogP contribution in [0.4, 0.5) is 22.0 Å². The summed E-state index contributed by atoms with van der Waals surface area (Å²) in [6.45, 7) is -1.19. The van der Waals surface area contributed by atoms with E-state index in [1.54, 1.807) is 0 Å². The maximum Gasteiger partial charge on any atom is 0.433 e. The number of pyridine rings is 1. The molecule has 2 heterocycles. The molecule has 1 aliphatic rings. The lowest BCUT2D eigenvalue weighted by Crippen LogP contribution is -2.40. The van der Waals surface area contributed by atoms with Gasteiger partial charge in [0.1, 0.15) is 5.82 Å². The molecule has 1 N–H and O–H groups in total. The number of ketones is 1. The highest BCUT2D eigenvalue weighted by Crippen LogP contribution is 2.42. The van der Waals surface area contributed by atoms with Crippen molar-refractivity contribution in [1.82, 2.24) is 19.7 Å². The first-order valence-electron chi connectivity index (χ1n) is 12.1. The monoisotopic (exact) mass is 618 g/mol. The smallest absolute Gasteiger partial charge is 0.433 e. The minimum absolute atomic E-state index is 0.00579. The summed E-state index contributed by atoms with van der Waals surface area (Å²) in [6.07, 6.45) is -3.44. The Morgan fingerprint density at radius 1 is 1.10 bits per heavy atom. The van der Waals surface area contributed by atoms with Gasteiger partial charge in [0.25, 0.3) is 5.91 Å². The van der Waals surface area contributed by atoms with E-state index in [2.05, 4.69) is 10.1 Å². The van der Waals surface area contributed by atoms with Crippen LogP contribution in [0, 0.1) is 5.82 Å². The summed E-state index contributed by atoms with van der Waals surface area (Å²) in [5.41, 5.74) is -5.13. The highest BCUT2D eigenvalue weighted by Gasteiger charge is 2.48. The summed E-state index contributed by atoms with van der Waals surface area (Å²) in [5, 5.41) is 12.7. The van der Waals surface area contributed by atoms with Crippen LogP contribution in [0.1, 0.15) is 63.7 Å². The van der Waals surface area contributed by atoms with E-state index in [1.807, 2.05) is 0 Å².